The van der Waals surface area contributed by atoms with Crippen LogP contribution in [0.2, 0.25) is 0 Å². The third-order valence-electron chi connectivity index (χ3n) is 3.28. The lowest BCUT2D eigenvalue weighted by Crippen LogP contribution is -2.09. The average Bonchev–Trinajstić information content (AvgIpc) is 2.99. The first-order chi connectivity index (χ1) is 5.92. The lowest BCUT2D eigenvalue weighted by atomic mass is 9.93. The molecule has 0 aromatic carbocycles. The van der Waals surface area contributed by atoms with E-state index in [0.29, 0.717) is 5.41 Å². The maximum Gasteiger partial charge on any atom is 0.115 e. The highest BCUT2D eigenvalue weighted by Crippen LogP contribution is 2.61. The van der Waals surface area contributed by atoms with Crippen LogP contribution in [-0.2, 0) is 5.41 Å². The first kappa shape index (κ1) is 6.58. The second-order valence-electron chi connectivity index (χ2n) is 4.06. The fraction of sp³-hybridized carbons (Fsp3) is 0.600. The Balaban J connectivity index is 1.97. The van der Waals surface area contributed by atoms with Crippen LogP contribution in [-0.4, -0.2) is 9.97 Å². The number of rotatable bonds is 2. The van der Waals surface area contributed by atoms with Gasteiger partial charge >= 0.3 is 0 Å². The van der Waals surface area contributed by atoms with Crippen LogP contribution >= 0.6 is 0 Å². The lowest BCUT2D eigenvalue weighted by Gasteiger charge is -2.12. The molecular formula is C10H12N2. The Labute approximate surface area is 72.0 Å². The van der Waals surface area contributed by atoms with Crippen molar-refractivity contribution in [2.75, 3.05) is 0 Å². The highest BCUT2D eigenvalue weighted by Gasteiger charge is 2.55. The molecule has 2 nitrogen and oxygen atoms in total. The predicted octanol–water partition coefficient (Wildman–Crippen LogP) is 1.92. The largest absolute Gasteiger partial charge is 0.245 e. The molecule has 3 rings (SSSR count). The molecule has 0 saturated heterocycles. The van der Waals surface area contributed by atoms with Gasteiger partial charge in [0.1, 0.15) is 6.33 Å². The van der Waals surface area contributed by atoms with E-state index in [1.54, 1.807) is 6.33 Å². The van der Waals surface area contributed by atoms with Gasteiger partial charge in [-0.1, -0.05) is 0 Å². The standard InChI is InChI=1S/C10H12N2/c1-2-8(1)10(3-4-10)9-5-11-7-12-6-9/h5-8H,1-4H2. The van der Waals surface area contributed by atoms with Gasteiger partial charge in [0.2, 0.25) is 0 Å². The highest BCUT2D eigenvalue weighted by molar-refractivity contribution is 5.30. The molecule has 1 heterocycles. The summed E-state index contributed by atoms with van der Waals surface area (Å²) >= 11 is 0. The Bertz CT molecular complexity index is 286. The summed E-state index contributed by atoms with van der Waals surface area (Å²) in [7, 11) is 0. The minimum absolute atomic E-state index is 0.529. The zero-order valence-electron chi connectivity index (χ0n) is 7.03. The molecule has 0 aliphatic heterocycles. The molecule has 0 radical (unpaired) electrons. The van der Waals surface area contributed by atoms with Gasteiger partial charge in [0.05, 0.1) is 0 Å². The zero-order valence-corrected chi connectivity index (χ0v) is 7.03. The number of hydrogen-bond acceptors (Lipinski definition) is 2. The molecule has 0 unspecified atom stereocenters. The van der Waals surface area contributed by atoms with Crippen molar-refractivity contribution in [2.45, 2.75) is 31.1 Å². The molecule has 0 atom stereocenters. The van der Waals surface area contributed by atoms with Crippen molar-refractivity contribution in [3.63, 3.8) is 0 Å². The first-order valence-electron chi connectivity index (χ1n) is 4.67. The Kier molecular flexibility index (Phi) is 1.13. The van der Waals surface area contributed by atoms with Crippen LogP contribution in [0.4, 0.5) is 0 Å². The van der Waals surface area contributed by atoms with E-state index >= 15 is 0 Å². The fourth-order valence-corrected chi connectivity index (χ4v) is 2.26. The molecular weight excluding hydrogens is 148 g/mol. The zero-order chi connectivity index (χ0) is 8.02. The monoisotopic (exact) mass is 160 g/mol. The molecule has 0 amide bonds. The molecule has 2 fully saturated rings. The molecule has 2 aliphatic rings. The molecule has 2 saturated carbocycles. The molecule has 12 heavy (non-hydrogen) atoms. The summed E-state index contributed by atoms with van der Waals surface area (Å²) in [5, 5.41) is 0. The molecule has 0 bridgehead atoms. The quantitative estimate of drug-likeness (QED) is 0.660. The minimum atomic E-state index is 0.529. The van der Waals surface area contributed by atoms with E-state index in [1.807, 2.05) is 12.4 Å². The summed E-state index contributed by atoms with van der Waals surface area (Å²) in [6.45, 7) is 0. The second-order valence-corrected chi connectivity index (χ2v) is 4.06. The third kappa shape index (κ3) is 0.808. The van der Waals surface area contributed by atoms with Gasteiger partial charge in [-0.05, 0) is 37.2 Å². The molecule has 62 valence electrons. The third-order valence-corrected chi connectivity index (χ3v) is 3.28. The highest BCUT2D eigenvalue weighted by atomic mass is 14.8. The van der Waals surface area contributed by atoms with E-state index in [9.17, 15) is 0 Å². The summed E-state index contributed by atoms with van der Waals surface area (Å²) in [5.74, 6) is 0.962. The van der Waals surface area contributed by atoms with Crippen LogP contribution in [0.25, 0.3) is 0 Å². The van der Waals surface area contributed by atoms with Crippen LogP contribution in [0.1, 0.15) is 31.2 Å². The van der Waals surface area contributed by atoms with Gasteiger partial charge in [0, 0.05) is 17.8 Å². The van der Waals surface area contributed by atoms with Crippen molar-refractivity contribution in [3.05, 3.63) is 24.3 Å². The van der Waals surface area contributed by atoms with Gasteiger partial charge < -0.3 is 0 Å². The van der Waals surface area contributed by atoms with Gasteiger partial charge in [-0.25, -0.2) is 9.97 Å². The summed E-state index contributed by atoms with van der Waals surface area (Å²) in [6, 6.07) is 0. The van der Waals surface area contributed by atoms with Crippen molar-refractivity contribution in [2.24, 2.45) is 5.92 Å². The second kappa shape index (κ2) is 2.06. The van der Waals surface area contributed by atoms with E-state index < -0.39 is 0 Å². The van der Waals surface area contributed by atoms with Gasteiger partial charge in [0.25, 0.3) is 0 Å². The normalized spacial score (nSPS) is 25.3. The molecule has 0 N–H and O–H groups in total. The predicted molar refractivity (Wildman–Crippen MR) is 45.7 cm³/mol. The summed E-state index contributed by atoms with van der Waals surface area (Å²) in [5.41, 5.74) is 1.91. The van der Waals surface area contributed by atoms with Gasteiger partial charge in [-0.2, -0.15) is 0 Å². The Morgan fingerprint density at radius 2 is 1.83 bits per heavy atom. The van der Waals surface area contributed by atoms with Crippen molar-refractivity contribution in [3.8, 4) is 0 Å². The van der Waals surface area contributed by atoms with Gasteiger partial charge in [0.15, 0.2) is 0 Å². The van der Waals surface area contributed by atoms with E-state index in [1.165, 1.54) is 31.2 Å². The maximum atomic E-state index is 4.09. The van der Waals surface area contributed by atoms with Crippen molar-refractivity contribution in [1.82, 2.24) is 9.97 Å². The van der Waals surface area contributed by atoms with Gasteiger partial charge in [-0.3, -0.25) is 0 Å². The van der Waals surface area contributed by atoms with E-state index in [2.05, 4.69) is 9.97 Å². The smallest absolute Gasteiger partial charge is 0.115 e. The van der Waals surface area contributed by atoms with E-state index in [-0.39, 0.29) is 0 Å². The minimum Gasteiger partial charge on any atom is -0.245 e. The van der Waals surface area contributed by atoms with Crippen molar-refractivity contribution >= 4 is 0 Å². The molecule has 1 aromatic rings. The summed E-state index contributed by atoms with van der Waals surface area (Å²) in [4.78, 5) is 8.18. The van der Waals surface area contributed by atoms with Crippen LogP contribution in [0.15, 0.2) is 18.7 Å². The van der Waals surface area contributed by atoms with Crippen LogP contribution in [0.3, 0.4) is 0 Å². The number of aromatic nitrogens is 2. The van der Waals surface area contributed by atoms with Crippen molar-refractivity contribution < 1.29 is 0 Å². The van der Waals surface area contributed by atoms with Crippen LogP contribution < -0.4 is 0 Å². The number of hydrogen-bond donors (Lipinski definition) is 0. The fourth-order valence-electron chi connectivity index (χ4n) is 2.26. The lowest BCUT2D eigenvalue weighted by molar-refractivity contribution is 0.591. The van der Waals surface area contributed by atoms with E-state index in [0.717, 1.165) is 5.92 Å². The first-order valence-corrected chi connectivity index (χ1v) is 4.67. The average molecular weight is 160 g/mol. The Morgan fingerprint density at radius 3 is 2.33 bits per heavy atom. The molecule has 2 heteroatoms. The van der Waals surface area contributed by atoms with Crippen LogP contribution in [0, 0.1) is 5.92 Å². The SMILES string of the molecule is c1ncc(C2(C3CC3)CC2)cn1. The molecule has 2 aliphatic carbocycles. The summed E-state index contributed by atoms with van der Waals surface area (Å²) in [6.07, 6.45) is 11.2. The topological polar surface area (TPSA) is 25.8 Å². The maximum absolute atomic E-state index is 4.09. The molecule has 1 aromatic heterocycles. The Morgan fingerprint density at radius 1 is 1.17 bits per heavy atom. The molecule has 0 spiro atoms. The van der Waals surface area contributed by atoms with Gasteiger partial charge in [-0.15, -0.1) is 0 Å². The number of nitrogens with zero attached hydrogens (tertiary/aromatic N) is 2. The Hall–Kier alpha value is -0.920. The summed E-state index contributed by atoms with van der Waals surface area (Å²) < 4.78 is 0. The van der Waals surface area contributed by atoms with Crippen LogP contribution in [0.5, 0.6) is 0 Å². The van der Waals surface area contributed by atoms with E-state index in [4.69, 9.17) is 0 Å². The van der Waals surface area contributed by atoms with Crippen molar-refractivity contribution in [1.29, 1.82) is 0 Å².